The maximum Gasteiger partial charge on any atom is 0.407 e. The van der Waals surface area contributed by atoms with Crippen LogP contribution < -0.4 is 11.1 Å². The number of hydrogen-bond acceptors (Lipinski definition) is 5. The van der Waals surface area contributed by atoms with E-state index in [2.05, 4.69) is 5.32 Å². The minimum Gasteiger partial charge on any atom is -0.508 e. The molecule has 0 aliphatic heterocycles. The summed E-state index contributed by atoms with van der Waals surface area (Å²) >= 11 is 0. The predicted molar refractivity (Wildman–Crippen MR) is 160 cm³/mol. The molecule has 0 heterocycles. The molecule has 3 amide bonds. The molecular weight excluding hydrogens is 530 g/mol. The lowest BCUT2D eigenvalue weighted by atomic mass is 9.89. The summed E-state index contributed by atoms with van der Waals surface area (Å²) < 4.78 is 5.26. The van der Waals surface area contributed by atoms with Gasteiger partial charge in [0.2, 0.25) is 11.8 Å². The average molecular weight is 566 g/mol. The molecule has 0 unspecified atom stereocenters. The topological polar surface area (TPSA) is 122 Å². The lowest BCUT2D eigenvalue weighted by molar-refractivity contribution is -0.141. The first-order chi connectivity index (χ1) is 20.4. The molecule has 8 heteroatoms. The van der Waals surface area contributed by atoms with E-state index in [9.17, 15) is 19.5 Å². The van der Waals surface area contributed by atoms with E-state index in [-0.39, 0.29) is 37.8 Å². The monoisotopic (exact) mass is 565 g/mol. The van der Waals surface area contributed by atoms with Gasteiger partial charge < -0.3 is 25.8 Å². The molecule has 0 bridgehead atoms. The average Bonchev–Trinajstić information content (AvgIpc) is 3.01. The van der Waals surface area contributed by atoms with Crippen molar-refractivity contribution in [1.82, 2.24) is 10.2 Å². The second kappa shape index (κ2) is 15.0. The number of amides is 3. The number of carbonyl (C=O) groups excluding carboxylic acids is 3. The number of primary amides is 1. The van der Waals surface area contributed by atoms with Crippen molar-refractivity contribution in [2.24, 2.45) is 5.73 Å². The molecule has 0 saturated heterocycles. The van der Waals surface area contributed by atoms with Gasteiger partial charge in [-0.2, -0.15) is 0 Å². The number of carbonyl (C=O) groups is 3. The normalized spacial score (nSPS) is 11.5. The lowest BCUT2D eigenvalue weighted by Crippen LogP contribution is -2.49. The third-order valence-electron chi connectivity index (χ3n) is 6.93. The van der Waals surface area contributed by atoms with Gasteiger partial charge in [-0.25, -0.2) is 4.79 Å². The lowest BCUT2D eigenvalue weighted by Gasteiger charge is -2.33. The molecule has 0 fully saturated rings. The number of hydrogen-bond donors (Lipinski definition) is 3. The summed E-state index contributed by atoms with van der Waals surface area (Å²) in [4.78, 5) is 41.0. The van der Waals surface area contributed by atoms with Gasteiger partial charge in [0.25, 0.3) is 0 Å². The van der Waals surface area contributed by atoms with Gasteiger partial charge in [-0.15, -0.1) is 0 Å². The molecule has 0 saturated carbocycles. The zero-order valence-electron chi connectivity index (χ0n) is 23.3. The number of phenols is 1. The third-order valence-corrected chi connectivity index (χ3v) is 6.93. The second-order valence-corrected chi connectivity index (χ2v) is 9.94. The molecular formula is C34H35N3O5. The highest BCUT2D eigenvalue weighted by Crippen LogP contribution is 2.29. The number of nitrogens with one attached hydrogen (secondary N) is 1. The highest BCUT2D eigenvalue weighted by molar-refractivity contribution is 5.92. The highest BCUT2D eigenvalue weighted by atomic mass is 16.5. The Kier molecular flexibility index (Phi) is 10.7. The van der Waals surface area contributed by atoms with Crippen LogP contribution in [0.25, 0.3) is 0 Å². The third kappa shape index (κ3) is 8.44. The molecule has 8 nitrogen and oxygen atoms in total. The Balaban J connectivity index is 1.52. The van der Waals surface area contributed by atoms with Crippen molar-refractivity contribution in [2.75, 3.05) is 6.54 Å². The van der Waals surface area contributed by atoms with Gasteiger partial charge in [-0.1, -0.05) is 103 Å². The highest BCUT2D eigenvalue weighted by Gasteiger charge is 2.34. The van der Waals surface area contributed by atoms with Crippen LogP contribution in [-0.4, -0.2) is 40.5 Å². The van der Waals surface area contributed by atoms with Crippen LogP contribution in [0, 0.1) is 0 Å². The number of ether oxygens (including phenoxy) is 1. The van der Waals surface area contributed by atoms with Gasteiger partial charge in [0.1, 0.15) is 18.4 Å². The molecule has 42 heavy (non-hydrogen) atoms. The Labute approximate surface area is 245 Å². The van der Waals surface area contributed by atoms with Crippen LogP contribution in [0.4, 0.5) is 4.79 Å². The standard InChI is InChI=1S/C34H35N3O5/c35-32(39)30(17-10-22-36-34(41)42-24-26-11-4-1-5-12-26)37(23-25-18-20-29(38)21-19-25)33(40)31(27-13-6-2-7-14-27)28-15-8-3-9-16-28/h1-9,11-16,18-21,30-31,38H,10,17,22-24H2,(H2,35,39)(H,36,41)/t30-/m1/s1. The van der Waals surface area contributed by atoms with Crippen molar-refractivity contribution in [1.29, 1.82) is 0 Å². The van der Waals surface area contributed by atoms with Crippen LogP contribution >= 0.6 is 0 Å². The van der Waals surface area contributed by atoms with E-state index in [1.165, 1.54) is 17.0 Å². The molecule has 0 radical (unpaired) electrons. The molecule has 216 valence electrons. The summed E-state index contributed by atoms with van der Waals surface area (Å²) in [6, 6.07) is 33.7. The van der Waals surface area contributed by atoms with Crippen LogP contribution in [0.15, 0.2) is 115 Å². The van der Waals surface area contributed by atoms with Crippen LogP contribution in [0.5, 0.6) is 5.75 Å². The summed E-state index contributed by atoms with van der Waals surface area (Å²) in [7, 11) is 0. The van der Waals surface area contributed by atoms with Crippen molar-refractivity contribution in [3.63, 3.8) is 0 Å². The van der Waals surface area contributed by atoms with E-state index < -0.39 is 24.0 Å². The van der Waals surface area contributed by atoms with Gasteiger partial charge in [0, 0.05) is 13.1 Å². The van der Waals surface area contributed by atoms with Crippen LogP contribution in [0.2, 0.25) is 0 Å². The fourth-order valence-corrected chi connectivity index (χ4v) is 4.79. The van der Waals surface area contributed by atoms with Crippen molar-refractivity contribution >= 4 is 17.9 Å². The first kappa shape index (κ1) is 29.9. The Morgan fingerprint density at radius 3 is 1.86 bits per heavy atom. The molecule has 0 aliphatic carbocycles. The number of aromatic hydroxyl groups is 1. The van der Waals surface area contributed by atoms with Gasteiger partial charge in [-0.3, -0.25) is 9.59 Å². The number of nitrogens with zero attached hydrogens (tertiary/aromatic N) is 1. The van der Waals surface area contributed by atoms with Crippen molar-refractivity contribution < 1.29 is 24.2 Å². The predicted octanol–water partition coefficient (Wildman–Crippen LogP) is 5.11. The largest absolute Gasteiger partial charge is 0.508 e. The molecule has 4 aromatic rings. The minimum atomic E-state index is -0.941. The Hall–Kier alpha value is -5.11. The molecule has 4 aromatic carbocycles. The van der Waals surface area contributed by atoms with E-state index in [0.29, 0.717) is 6.42 Å². The number of alkyl carbamates (subject to hydrolysis) is 1. The summed E-state index contributed by atoms with van der Waals surface area (Å²) in [5, 5.41) is 12.5. The second-order valence-electron chi connectivity index (χ2n) is 9.94. The van der Waals surface area contributed by atoms with Gasteiger partial charge in [0.15, 0.2) is 0 Å². The Morgan fingerprint density at radius 2 is 1.31 bits per heavy atom. The molecule has 1 atom stereocenters. The minimum absolute atomic E-state index is 0.0970. The molecule has 0 spiro atoms. The van der Waals surface area contributed by atoms with E-state index in [0.717, 1.165) is 22.3 Å². The van der Waals surface area contributed by atoms with Gasteiger partial charge >= 0.3 is 6.09 Å². The SMILES string of the molecule is NC(=O)[C@@H](CCCNC(=O)OCc1ccccc1)N(Cc1ccc(O)cc1)C(=O)C(c1ccccc1)c1ccccc1. The number of rotatable bonds is 13. The smallest absolute Gasteiger partial charge is 0.407 e. The molecule has 4 rings (SSSR count). The summed E-state index contributed by atoms with van der Waals surface area (Å²) in [6.07, 6.45) is 0.0445. The van der Waals surface area contributed by atoms with E-state index in [1.54, 1.807) is 12.1 Å². The van der Waals surface area contributed by atoms with Crippen molar-refractivity contribution in [3.8, 4) is 5.75 Å². The van der Waals surface area contributed by atoms with Crippen molar-refractivity contribution in [3.05, 3.63) is 138 Å². The molecule has 0 aliphatic rings. The van der Waals surface area contributed by atoms with Crippen LogP contribution in [0.1, 0.15) is 41.0 Å². The van der Waals surface area contributed by atoms with Gasteiger partial charge in [-0.05, 0) is 47.2 Å². The van der Waals surface area contributed by atoms with E-state index in [4.69, 9.17) is 10.5 Å². The fourth-order valence-electron chi connectivity index (χ4n) is 4.79. The molecule has 4 N–H and O–H groups in total. The van der Waals surface area contributed by atoms with Crippen molar-refractivity contribution in [2.45, 2.75) is 38.0 Å². The number of phenolic OH excluding ortho intramolecular Hbond substituents is 1. The molecule has 0 aromatic heterocycles. The zero-order valence-corrected chi connectivity index (χ0v) is 23.3. The Morgan fingerprint density at radius 1 is 0.762 bits per heavy atom. The maximum atomic E-state index is 14.4. The maximum absolute atomic E-state index is 14.4. The quantitative estimate of drug-likeness (QED) is 0.195. The summed E-state index contributed by atoms with van der Waals surface area (Å²) in [5.41, 5.74) is 9.08. The van der Waals surface area contributed by atoms with E-state index in [1.807, 2.05) is 91.0 Å². The number of nitrogens with two attached hydrogens (primary N) is 1. The van der Waals surface area contributed by atoms with Crippen LogP contribution in [-0.2, 0) is 27.5 Å². The summed E-state index contributed by atoms with van der Waals surface area (Å²) in [6.45, 7) is 0.487. The first-order valence-electron chi connectivity index (χ1n) is 13.8. The summed E-state index contributed by atoms with van der Waals surface area (Å²) in [5.74, 6) is -1.50. The number of benzene rings is 4. The van der Waals surface area contributed by atoms with Gasteiger partial charge in [0.05, 0.1) is 5.92 Å². The van der Waals surface area contributed by atoms with Crippen LogP contribution in [0.3, 0.4) is 0 Å². The fraction of sp³-hybridized carbons (Fsp3) is 0.206. The Bertz CT molecular complexity index is 1390. The zero-order chi connectivity index (χ0) is 29.7. The van der Waals surface area contributed by atoms with E-state index >= 15 is 0 Å². The first-order valence-corrected chi connectivity index (χ1v) is 13.8.